The van der Waals surface area contributed by atoms with Gasteiger partial charge in [-0.3, -0.25) is 4.99 Å². The lowest BCUT2D eigenvalue weighted by atomic mass is 10.4. The predicted molar refractivity (Wildman–Crippen MR) is 57.5 cm³/mol. The Hall–Kier alpha value is -0.810. The molecule has 0 radical (unpaired) electrons. The summed E-state index contributed by atoms with van der Waals surface area (Å²) in [6, 6.07) is 0.177. The van der Waals surface area contributed by atoms with E-state index in [1.54, 1.807) is 7.11 Å². The smallest absolute Gasteiger partial charge is 0.188 e. The number of ether oxygens (including phenoxy) is 2. The van der Waals surface area contributed by atoms with Crippen molar-refractivity contribution in [3.8, 4) is 0 Å². The summed E-state index contributed by atoms with van der Waals surface area (Å²) in [5.41, 5.74) is 5.61. The number of methoxy groups -OCH3 is 1. The van der Waals surface area contributed by atoms with Crippen molar-refractivity contribution in [2.75, 3.05) is 33.5 Å². The molecule has 0 aliphatic heterocycles. The van der Waals surface area contributed by atoms with Crippen LogP contribution in [0.15, 0.2) is 4.99 Å². The largest absolute Gasteiger partial charge is 0.383 e. The molecule has 0 saturated carbocycles. The lowest BCUT2D eigenvalue weighted by Gasteiger charge is -2.12. The molecule has 0 rings (SSSR count). The molecular weight excluding hydrogens is 182 g/mol. The minimum atomic E-state index is 0.177. The Morgan fingerprint density at radius 1 is 1.57 bits per heavy atom. The van der Waals surface area contributed by atoms with Crippen molar-refractivity contribution in [2.45, 2.75) is 19.9 Å². The Labute approximate surface area is 85.7 Å². The molecule has 0 aliphatic carbocycles. The molecule has 3 N–H and O–H groups in total. The second-order valence-corrected chi connectivity index (χ2v) is 2.96. The highest BCUT2D eigenvalue weighted by molar-refractivity contribution is 5.78. The molecule has 1 atom stereocenters. The number of rotatable bonds is 7. The van der Waals surface area contributed by atoms with E-state index in [1.165, 1.54) is 0 Å². The van der Waals surface area contributed by atoms with Gasteiger partial charge in [0.1, 0.15) is 0 Å². The molecule has 0 aromatic rings. The van der Waals surface area contributed by atoms with E-state index >= 15 is 0 Å². The summed E-state index contributed by atoms with van der Waals surface area (Å²) in [6.45, 7) is 6.45. The Balaban J connectivity index is 3.55. The second kappa shape index (κ2) is 8.77. The molecule has 84 valence electrons. The van der Waals surface area contributed by atoms with Gasteiger partial charge >= 0.3 is 0 Å². The molecule has 14 heavy (non-hydrogen) atoms. The molecule has 5 heteroatoms. The highest BCUT2D eigenvalue weighted by atomic mass is 16.5. The van der Waals surface area contributed by atoms with E-state index < -0.39 is 0 Å². The average Bonchev–Trinajstić information content (AvgIpc) is 2.13. The van der Waals surface area contributed by atoms with E-state index in [9.17, 15) is 0 Å². The van der Waals surface area contributed by atoms with Crippen molar-refractivity contribution < 1.29 is 9.47 Å². The fraction of sp³-hybridized carbons (Fsp3) is 0.889. The number of nitrogens with one attached hydrogen (secondary N) is 1. The van der Waals surface area contributed by atoms with Gasteiger partial charge in [0.2, 0.25) is 0 Å². The molecule has 0 saturated heterocycles. The van der Waals surface area contributed by atoms with E-state index in [-0.39, 0.29) is 6.04 Å². The quantitative estimate of drug-likeness (QED) is 0.346. The molecule has 1 unspecified atom stereocenters. The van der Waals surface area contributed by atoms with Gasteiger partial charge in [-0.25, -0.2) is 0 Å². The molecule has 0 bridgehead atoms. The molecule has 0 heterocycles. The lowest BCUT2D eigenvalue weighted by Crippen LogP contribution is -2.40. The van der Waals surface area contributed by atoms with Gasteiger partial charge in [-0.05, 0) is 13.8 Å². The van der Waals surface area contributed by atoms with Crippen LogP contribution in [0.1, 0.15) is 13.8 Å². The first-order valence-corrected chi connectivity index (χ1v) is 4.83. The Morgan fingerprint density at radius 3 is 2.86 bits per heavy atom. The molecule has 0 fully saturated rings. The van der Waals surface area contributed by atoms with Gasteiger partial charge in [-0.1, -0.05) is 0 Å². The van der Waals surface area contributed by atoms with Crippen molar-refractivity contribution in [1.82, 2.24) is 5.32 Å². The van der Waals surface area contributed by atoms with E-state index in [0.29, 0.717) is 32.3 Å². The van der Waals surface area contributed by atoms with Gasteiger partial charge in [-0.2, -0.15) is 0 Å². The number of hydrogen-bond acceptors (Lipinski definition) is 3. The van der Waals surface area contributed by atoms with Crippen LogP contribution in [0.5, 0.6) is 0 Å². The summed E-state index contributed by atoms with van der Waals surface area (Å²) >= 11 is 0. The first kappa shape index (κ1) is 13.2. The predicted octanol–water partition coefficient (Wildman–Crippen LogP) is -0.0379. The number of hydrogen-bond donors (Lipinski definition) is 2. The summed E-state index contributed by atoms with van der Waals surface area (Å²) in [5.74, 6) is 0.439. The minimum Gasteiger partial charge on any atom is -0.383 e. The van der Waals surface area contributed by atoms with Crippen LogP contribution >= 0.6 is 0 Å². The first-order valence-electron chi connectivity index (χ1n) is 4.83. The maximum atomic E-state index is 5.61. The molecule has 0 amide bonds. The van der Waals surface area contributed by atoms with Crippen LogP contribution in [0.25, 0.3) is 0 Å². The fourth-order valence-corrected chi connectivity index (χ4v) is 0.965. The summed E-state index contributed by atoms with van der Waals surface area (Å²) in [6.07, 6.45) is 0. The molecular formula is C9H21N3O2. The highest BCUT2D eigenvalue weighted by Gasteiger charge is 2.00. The zero-order valence-electron chi connectivity index (χ0n) is 9.25. The first-order chi connectivity index (χ1) is 6.70. The number of nitrogens with two attached hydrogens (primary N) is 1. The standard InChI is InChI=1S/C9H21N3O2/c1-4-14-6-5-11-9(10)12-8(2)7-13-3/h8H,4-7H2,1-3H3,(H3,10,11,12). The van der Waals surface area contributed by atoms with Crippen molar-refractivity contribution in [3.63, 3.8) is 0 Å². The van der Waals surface area contributed by atoms with Crippen molar-refractivity contribution >= 4 is 5.96 Å². The lowest BCUT2D eigenvalue weighted by molar-refractivity contribution is 0.155. The van der Waals surface area contributed by atoms with Crippen LogP contribution < -0.4 is 11.1 Å². The average molecular weight is 203 g/mol. The maximum Gasteiger partial charge on any atom is 0.188 e. The summed E-state index contributed by atoms with van der Waals surface area (Å²) in [7, 11) is 1.65. The van der Waals surface area contributed by atoms with E-state index in [0.717, 1.165) is 0 Å². The van der Waals surface area contributed by atoms with E-state index in [1.807, 2.05) is 13.8 Å². The van der Waals surface area contributed by atoms with Crippen LogP contribution in [0.3, 0.4) is 0 Å². The van der Waals surface area contributed by atoms with Gasteiger partial charge in [0.05, 0.1) is 19.8 Å². The van der Waals surface area contributed by atoms with Crippen LogP contribution in [0.4, 0.5) is 0 Å². The fourth-order valence-electron chi connectivity index (χ4n) is 0.965. The van der Waals surface area contributed by atoms with Crippen LogP contribution in [0.2, 0.25) is 0 Å². The molecule has 0 aliphatic rings. The third-order valence-electron chi connectivity index (χ3n) is 1.53. The van der Waals surface area contributed by atoms with Gasteiger partial charge in [0.15, 0.2) is 5.96 Å². The van der Waals surface area contributed by atoms with Crippen molar-refractivity contribution in [2.24, 2.45) is 10.7 Å². The van der Waals surface area contributed by atoms with Crippen LogP contribution in [-0.2, 0) is 9.47 Å². The van der Waals surface area contributed by atoms with Crippen LogP contribution in [0, 0.1) is 0 Å². The van der Waals surface area contributed by atoms with E-state index in [2.05, 4.69) is 10.3 Å². The Bertz CT molecular complexity index is 162. The van der Waals surface area contributed by atoms with E-state index in [4.69, 9.17) is 15.2 Å². The maximum absolute atomic E-state index is 5.61. The molecule has 0 aromatic heterocycles. The third-order valence-corrected chi connectivity index (χ3v) is 1.53. The topological polar surface area (TPSA) is 68.9 Å². The number of aliphatic imine (C=N–C) groups is 1. The zero-order valence-corrected chi connectivity index (χ0v) is 9.25. The zero-order chi connectivity index (χ0) is 10.8. The van der Waals surface area contributed by atoms with Gasteiger partial charge < -0.3 is 20.5 Å². The number of guanidine groups is 1. The minimum absolute atomic E-state index is 0.177. The second-order valence-electron chi connectivity index (χ2n) is 2.96. The third kappa shape index (κ3) is 7.82. The SMILES string of the molecule is CCOCCN=C(N)NC(C)COC. The Kier molecular flexibility index (Phi) is 8.27. The number of nitrogens with zero attached hydrogens (tertiary/aromatic N) is 1. The highest BCUT2D eigenvalue weighted by Crippen LogP contribution is 1.82. The monoisotopic (exact) mass is 203 g/mol. The van der Waals surface area contributed by atoms with Crippen molar-refractivity contribution in [1.29, 1.82) is 0 Å². The van der Waals surface area contributed by atoms with Gasteiger partial charge in [0, 0.05) is 19.8 Å². The molecule has 0 spiro atoms. The van der Waals surface area contributed by atoms with Crippen LogP contribution in [-0.4, -0.2) is 45.5 Å². The van der Waals surface area contributed by atoms with Crippen molar-refractivity contribution in [3.05, 3.63) is 0 Å². The molecule has 5 nitrogen and oxygen atoms in total. The summed E-state index contributed by atoms with van der Waals surface area (Å²) < 4.78 is 10.1. The Morgan fingerprint density at radius 2 is 2.29 bits per heavy atom. The summed E-state index contributed by atoms with van der Waals surface area (Å²) in [5, 5.41) is 3.00. The van der Waals surface area contributed by atoms with Gasteiger partial charge in [-0.15, -0.1) is 0 Å². The van der Waals surface area contributed by atoms with Gasteiger partial charge in [0.25, 0.3) is 0 Å². The normalized spacial score (nSPS) is 14.1. The summed E-state index contributed by atoms with van der Waals surface area (Å²) in [4.78, 5) is 4.09. The molecule has 0 aromatic carbocycles.